The highest BCUT2D eigenvalue weighted by molar-refractivity contribution is 5.81. The molecule has 0 spiro atoms. The van der Waals surface area contributed by atoms with Crippen molar-refractivity contribution < 1.29 is 0 Å². The van der Waals surface area contributed by atoms with Gasteiger partial charge in [-0.15, -0.1) is 5.10 Å². The summed E-state index contributed by atoms with van der Waals surface area (Å²) in [6.45, 7) is 1.67. The molecule has 0 saturated carbocycles. The molecule has 2 rings (SSSR count). The topological polar surface area (TPSA) is 71.8 Å². The lowest BCUT2D eigenvalue weighted by molar-refractivity contribution is 0.373. The lowest BCUT2D eigenvalue weighted by Crippen LogP contribution is -2.19. The number of hydrogen-bond acceptors (Lipinski definition) is 6. The largest absolute Gasteiger partial charge is 0.371 e. The van der Waals surface area contributed by atoms with Crippen molar-refractivity contribution in [3.8, 4) is 0 Å². The van der Waals surface area contributed by atoms with Crippen LogP contribution < -0.4 is 5.32 Å². The summed E-state index contributed by atoms with van der Waals surface area (Å²) < 4.78 is 1.79. The molecular formula is C9H15N7. The monoisotopic (exact) mass is 221 g/mol. The molecule has 2 heterocycles. The Hall–Kier alpha value is -1.76. The number of fused-ring (bicyclic) bond motifs is 1. The van der Waals surface area contributed by atoms with E-state index >= 15 is 0 Å². The number of hydrogen-bond donors (Lipinski definition) is 1. The highest BCUT2D eigenvalue weighted by atomic mass is 15.4. The molecule has 0 aliphatic heterocycles. The molecule has 0 aromatic carbocycles. The van der Waals surface area contributed by atoms with Crippen LogP contribution in [0.15, 0.2) is 6.33 Å². The van der Waals surface area contributed by atoms with E-state index in [4.69, 9.17) is 0 Å². The van der Waals surface area contributed by atoms with Gasteiger partial charge in [0.25, 0.3) is 0 Å². The molecule has 0 bridgehead atoms. The number of aromatic nitrogens is 5. The third-order valence-electron chi connectivity index (χ3n) is 2.30. The van der Waals surface area contributed by atoms with E-state index in [2.05, 4.69) is 30.5 Å². The minimum Gasteiger partial charge on any atom is -0.371 e. The molecule has 2 aromatic rings. The summed E-state index contributed by atoms with van der Waals surface area (Å²) in [4.78, 5) is 10.4. The standard InChI is InChI=1S/C9H15N7/c1-10-8-7-9(12-6-11-8)16(14-13-7)5-4-15(2)3/h6H,4-5H2,1-3H3,(H,10,11,12). The smallest absolute Gasteiger partial charge is 0.183 e. The fourth-order valence-electron chi connectivity index (χ4n) is 1.42. The molecule has 1 N–H and O–H groups in total. The predicted octanol–water partition coefficient (Wildman–Crippen LogP) is -0.175. The summed E-state index contributed by atoms with van der Waals surface area (Å²) >= 11 is 0. The molecule has 0 radical (unpaired) electrons. The Morgan fingerprint density at radius 3 is 2.88 bits per heavy atom. The second-order valence-corrected chi connectivity index (χ2v) is 3.76. The van der Waals surface area contributed by atoms with Crippen LogP contribution in [0, 0.1) is 0 Å². The Kier molecular flexibility index (Phi) is 2.95. The first-order valence-electron chi connectivity index (χ1n) is 5.09. The van der Waals surface area contributed by atoms with Crippen LogP contribution in [-0.4, -0.2) is 57.5 Å². The zero-order chi connectivity index (χ0) is 11.5. The van der Waals surface area contributed by atoms with Gasteiger partial charge in [0.05, 0.1) is 6.54 Å². The third kappa shape index (κ3) is 1.94. The normalized spacial score (nSPS) is 11.2. The van der Waals surface area contributed by atoms with Gasteiger partial charge in [0.1, 0.15) is 6.33 Å². The van der Waals surface area contributed by atoms with Crippen molar-refractivity contribution in [2.24, 2.45) is 0 Å². The minimum atomic E-state index is 0.709. The van der Waals surface area contributed by atoms with Gasteiger partial charge in [-0.05, 0) is 14.1 Å². The number of rotatable bonds is 4. The second kappa shape index (κ2) is 4.40. The van der Waals surface area contributed by atoms with Crippen molar-refractivity contribution in [1.82, 2.24) is 29.9 Å². The molecular weight excluding hydrogens is 206 g/mol. The van der Waals surface area contributed by atoms with Crippen molar-refractivity contribution in [3.63, 3.8) is 0 Å². The third-order valence-corrected chi connectivity index (χ3v) is 2.30. The van der Waals surface area contributed by atoms with Gasteiger partial charge >= 0.3 is 0 Å². The highest BCUT2D eigenvalue weighted by Gasteiger charge is 2.10. The Morgan fingerprint density at radius 2 is 2.19 bits per heavy atom. The Labute approximate surface area is 93.5 Å². The number of nitrogens with zero attached hydrogens (tertiary/aromatic N) is 6. The highest BCUT2D eigenvalue weighted by Crippen LogP contribution is 2.14. The van der Waals surface area contributed by atoms with Crippen molar-refractivity contribution in [3.05, 3.63) is 6.33 Å². The molecule has 0 fully saturated rings. The fourth-order valence-corrected chi connectivity index (χ4v) is 1.42. The van der Waals surface area contributed by atoms with E-state index in [1.165, 1.54) is 6.33 Å². The first-order chi connectivity index (χ1) is 7.72. The Bertz CT molecular complexity index is 476. The van der Waals surface area contributed by atoms with Crippen LogP contribution in [0.3, 0.4) is 0 Å². The van der Waals surface area contributed by atoms with Gasteiger partial charge < -0.3 is 10.2 Å². The van der Waals surface area contributed by atoms with Crippen LogP contribution in [0.1, 0.15) is 0 Å². The number of anilines is 1. The maximum atomic E-state index is 4.20. The van der Waals surface area contributed by atoms with Crippen LogP contribution >= 0.6 is 0 Å². The Balaban J connectivity index is 2.34. The second-order valence-electron chi connectivity index (χ2n) is 3.76. The number of nitrogens with one attached hydrogen (secondary N) is 1. The van der Waals surface area contributed by atoms with E-state index in [0.717, 1.165) is 18.7 Å². The van der Waals surface area contributed by atoms with Crippen molar-refractivity contribution in [2.75, 3.05) is 33.0 Å². The zero-order valence-electron chi connectivity index (χ0n) is 9.67. The van der Waals surface area contributed by atoms with Gasteiger partial charge in [-0.1, -0.05) is 5.21 Å². The predicted molar refractivity (Wildman–Crippen MR) is 61.2 cm³/mol. The van der Waals surface area contributed by atoms with Crippen LogP contribution in [-0.2, 0) is 6.54 Å². The zero-order valence-corrected chi connectivity index (χ0v) is 9.67. The van der Waals surface area contributed by atoms with Crippen LogP contribution in [0.2, 0.25) is 0 Å². The molecule has 7 nitrogen and oxygen atoms in total. The maximum absolute atomic E-state index is 4.20. The van der Waals surface area contributed by atoms with E-state index in [1.54, 1.807) is 11.7 Å². The molecule has 0 unspecified atom stereocenters. The van der Waals surface area contributed by atoms with Crippen molar-refractivity contribution >= 4 is 17.0 Å². The molecule has 7 heteroatoms. The molecule has 16 heavy (non-hydrogen) atoms. The fraction of sp³-hybridized carbons (Fsp3) is 0.556. The van der Waals surface area contributed by atoms with E-state index in [-0.39, 0.29) is 0 Å². The van der Waals surface area contributed by atoms with Gasteiger partial charge in [-0.3, -0.25) is 0 Å². The molecule has 0 aliphatic carbocycles. The van der Waals surface area contributed by atoms with Gasteiger partial charge in [-0.2, -0.15) is 0 Å². The first-order valence-corrected chi connectivity index (χ1v) is 5.09. The molecule has 86 valence electrons. The van der Waals surface area contributed by atoms with Crippen LogP contribution in [0.25, 0.3) is 11.2 Å². The summed E-state index contributed by atoms with van der Waals surface area (Å²) in [5.74, 6) is 0.709. The van der Waals surface area contributed by atoms with Gasteiger partial charge in [0, 0.05) is 13.6 Å². The Morgan fingerprint density at radius 1 is 1.38 bits per heavy atom. The summed E-state index contributed by atoms with van der Waals surface area (Å²) in [6, 6.07) is 0. The van der Waals surface area contributed by atoms with Crippen LogP contribution in [0.4, 0.5) is 5.82 Å². The van der Waals surface area contributed by atoms with Gasteiger partial charge in [-0.25, -0.2) is 14.6 Å². The van der Waals surface area contributed by atoms with Gasteiger partial charge in [0.15, 0.2) is 17.0 Å². The summed E-state index contributed by atoms with van der Waals surface area (Å²) in [7, 11) is 5.85. The SMILES string of the molecule is CNc1ncnc2c1nnn2CCN(C)C. The van der Waals surface area contributed by atoms with Crippen molar-refractivity contribution in [2.45, 2.75) is 6.54 Å². The van der Waals surface area contributed by atoms with E-state index < -0.39 is 0 Å². The molecule has 0 aliphatic rings. The minimum absolute atomic E-state index is 0.709. The lowest BCUT2D eigenvalue weighted by atomic mass is 10.5. The van der Waals surface area contributed by atoms with E-state index in [9.17, 15) is 0 Å². The summed E-state index contributed by atoms with van der Waals surface area (Å²) in [6.07, 6.45) is 1.52. The van der Waals surface area contributed by atoms with Crippen molar-refractivity contribution in [1.29, 1.82) is 0 Å². The maximum Gasteiger partial charge on any atom is 0.183 e. The van der Waals surface area contributed by atoms with E-state index in [1.807, 2.05) is 14.1 Å². The number of likely N-dealkylation sites (N-methyl/N-ethyl adjacent to an activating group) is 1. The summed E-state index contributed by atoms with van der Waals surface area (Å²) in [5, 5.41) is 11.1. The van der Waals surface area contributed by atoms with Crippen LogP contribution in [0.5, 0.6) is 0 Å². The molecule has 2 aromatic heterocycles. The molecule has 0 atom stereocenters. The lowest BCUT2D eigenvalue weighted by Gasteiger charge is -2.08. The molecule has 0 amide bonds. The average Bonchev–Trinajstić information content (AvgIpc) is 2.69. The van der Waals surface area contributed by atoms with Gasteiger partial charge in [0.2, 0.25) is 0 Å². The van der Waals surface area contributed by atoms with E-state index in [0.29, 0.717) is 11.3 Å². The quantitative estimate of drug-likeness (QED) is 0.772. The summed E-state index contributed by atoms with van der Waals surface area (Å²) in [5.41, 5.74) is 1.48. The first kappa shape index (κ1) is 10.7. The average molecular weight is 221 g/mol. The molecule has 0 saturated heterocycles.